The molecule has 21 heavy (non-hydrogen) atoms. The van der Waals surface area contributed by atoms with Gasteiger partial charge in [-0.05, 0) is 36.6 Å². The van der Waals surface area contributed by atoms with Crippen LogP contribution in [-0.2, 0) is 10.0 Å². The van der Waals surface area contributed by atoms with Crippen molar-refractivity contribution in [2.75, 3.05) is 42.6 Å². The first-order valence-corrected chi connectivity index (χ1v) is 9.08. The van der Waals surface area contributed by atoms with Crippen LogP contribution in [0.1, 0.15) is 20.3 Å². The van der Waals surface area contributed by atoms with Crippen molar-refractivity contribution in [2.24, 2.45) is 5.92 Å². The van der Waals surface area contributed by atoms with E-state index in [1.54, 1.807) is 4.31 Å². The van der Waals surface area contributed by atoms with E-state index in [1.807, 2.05) is 24.3 Å². The van der Waals surface area contributed by atoms with E-state index in [1.165, 1.54) is 0 Å². The molecule has 1 heterocycles. The van der Waals surface area contributed by atoms with E-state index in [9.17, 15) is 8.42 Å². The first-order chi connectivity index (χ1) is 9.88. The predicted molar refractivity (Wildman–Crippen MR) is 87.9 cm³/mol. The summed E-state index contributed by atoms with van der Waals surface area (Å²) in [5.74, 6) is 0.669. The van der Waals surface area contributed by atoms with Gasteiger partial charge in [0, 0.05) is 37.6 Å². The summed E-state index contributed by atoms with van der Waals surface area (Å²) in [6.07, 6.45) is 0.723. The second-order valence-corrected chi connectivity index (χ2v) is 8.06. The summed E-state index contributed by atoms with van der Waals surface area (Å²) < 4.78 is 26.2. The summed E-state index contributed by atoms with van der Waals surface area (Å²) >= 11 is 0. The van der Waals surface area contributed by atoms with Gasteiger partial charge in [-0.3, -0.25) is 0 Å². The molecule has 0 bridgehead atoms. The Kier molecular flexibility index (Phi) is 5.11. The number of nitrogens with zero attached hydrogens (tertiary/aromatic N) is 2. The molecule has 0 aliphatic carbocycles. The molecule has 0 saturated carbocycles. The number of sulfonamides is 1. The minimum atomic E-state index is -3.10. The van der Waals surface area contributed by atoms with E-state index >= 15 is 0 Å². The topological polar surface area (TPSA) is 66.6 Å². The van der Waals surface area contributed by atoms with Crippen LogP contribution in [-0.4, -0.2) is 44.7 Å². The molecule has 1 aromatic rings. The van der Waals surface area contributed by atoms with E-state index in [0.29, 0.717) is 19.0 Å². The van der Waals surface area contributed by atoms with Crippen LogP contribution in [0.3, 0.4) is 0 Å². The molecule has 0 unspecified atom stereocenters. The number of anilines is 2. The maximum atomic E-state index is 12.3. The zero-order valence-corrected chi connectivity index (χ0v) is 13.6. The van der Waals surface area contributed by atoms with Crippen LogP contribution in [0.15, 0.2) is 24.3 Å². The monoisotopic (exact) mass is 311 g/mol. The number of nitrogen functional groups attached to an aromatic ring is 1. The average Bonchev–Trinajstić information content (AvgIpc) is 2.46. The van der Waals surface area contributed by atoms with Gasteiger partial charge in [0.05, 0.1) is 5.75 Å². The molecule has 118 valence electrons. The molecule has 1 aromatic carbocycles. The Labute approximate surface area is 127 Å². The van der Waals surface area contributed by atoms with Crippen molar-refractivity contribution in [1.82, 2.24) is 4.31 Å². The predicted octanol–water partition coefficient (Wildman–Crippen LogP) is 1.77. The molecule has 1 aliphatic heterocycles. The van der Waals surface area contributed by atoms with Crippen molar-refractivity contribution in [3.8, 4) is 0 Å². The van der Waals surface area contributed by atoms with Crippen LogP contribution in [0.2, 0.25) is 0 Å². The molecule has 0 aromatic heterocycles. The highest BCUT2D eigenvalue weighted by Gasteiger charge is 2.26. The van der Waals surface area contributed by atoms with Crippen molar-refractivity contribution in [3.63, 3.8) is 0 Å². The van der Waals surface area contributed by atoms with Crippen molar-refractivity contribution < 1.29 is 8.42 Å². The highest BCUT2D eigenvalue weighted by atomic mass is 32.2. The number of piperazine rings is 1. The normalized spacial score (nSPS) is 17.4. The summed E-state index contributed by atoms with van der Waals surface area (Å²) in [6, 6.07) is 7.72. The Morgan fingerprint density at radius 2 is 1.67 bits per heavy atom. The second kappa shape index (κ2) is 6.66. The highest BCUT2D eigenvalue weighted by Crippen LogP contribution is 2.19. The van der Waals surface area contributed by atoms with Gasteiger partial charge in [-0.15, -0.1) is 0 Å². The van der Waals surface area contributed by atoms with Crippen LogP contribution in [0.5, 0.6) is 0 Å². The molecule has 0 amide bonds. The third-order valence-electron chi connectivity index (χ3n) is 3.84. The lowest BCUT2D eigenvalue weighted by Crippen LogP contribution is -2.49. The van der Waals surface area contributed by atoms with Crippen molar-refractivity contribution >= 4 is 21.4 Å². The Hall–Kier alpha value is -1.27. The molecule has 2 rings (SSSR count). The van der Waals surface area contributed by atoms with Gasteiger partial charge in [0.25, 0.3) is 0 Å². The molecule has 0 atom stereocenters. The van der Waals surface area contributed by atoms with Crippen molar-refractivity contribution in [2.45, 2.75) is 20.3 Å². The first-order valence-electron chi connectivity index (χ1n) is 7.47. The zero-order chi connectivity index (χ0) is 15.5. The molecule has 1 aliphatic rings. The maximum Gasteiger partial charge on any atom is 0.214 e. The van der Waals surface area contributed by atoms with Gasteiger partial charge in [0.1, 0.15) is 0 Å². The van der Waals surface area contributed by atoms with Gasteiger partial charge >= 0.3 is 0 Å². The SMILES string of the molecule is CC(C)CCS(=O)(=O)N1CCN(c2ccc(N)cc2)CC1. The Bertz CT molecular complexity index is 547. The number of nitrogens with two attached hydrogens (primary N) is 1. The molecule has 2 N–H and O–H groups in total. The quantitative estimate of drug-likeness (QED) is 0.842. The van der Waals surface area contributed by atoms with E-state index in [2.05, 4.69) is 18.7 Å². The summed E-state index contributed by atoms with van der Waals surface area (Å²) in [5.41, 5.74) is 7.53. The maximum absolute atomic E-state index is 12.3. The van der Waals surface area contributed by atoms with Gasteiger partial charge < -0.3 is 10.6 Å². The molecule has 5 nitrogen and oxygen atoms in total. The first kappa shape index (κ1) is 16.1. The molecular weight excluding hydrogens is 286 g/mol. The summed E-state index contributed by atoms with van der Waals surface area (Å²) in [4.78, 5) is 2.20. The summed E-state index contributed by atoms with van der Waals surface area (Å²) in [5, 5.41) is 0. The Morgan fingerprint density at radius 3 is 2.19 bits per heavy atom. The minimum Gasteiger partial charge on any atom is -0.399 e. The van der Waals surface area contributed by atoms with Crippen LogP contribution in [0.25, 0.3) is 0 Å². The van der Waals surface area contributed by atoms with Crippen LogP contribution >= 0.6 is 0 Å². The number of hydrogen-bond donors (Lipinski definition) is 1. The van der Waals surface area contributed by atoms with E-state index in [-0.39, 0.29) is 5.75 Å². The number of rotatable bonds is 5. The van der Waals surface area contributed by atoms with Gasteiger partial charge in [0.2, 0.25) is 10.0 Å². The molecule has 1 fully saturated rings. The average molecular weight is 311 g/mol. The Morgan fingerprint density at radius 1 is 1.10 bits per heavy atom. The van der Waals surface area contributed by atoms with E-state index in [4.69, 9.17) is 5.73 Å². The fourth-order valence-electron chi connectivity index (χ4n) is 2.42. The number of hydrogen-bond acceptors (Lipinski definition) is 4. The second-order valence-electron chi connectivity index (χ2n) is 5.98. The van der Waals surface area contributed by atoms with Gasteiger partial charge in [0.15, 0.2) is 0 Å². The molecular formula is C15H25N3O2S. The third kappa shape index (κ3) is 4.35. The highest BCUT2D eigenvalue weighted by molar-refractivity contribution is 7.89. The molecule has 6 heteroatoms. The minimum absolute atomic E-state index is 0.256. The standard InChI is InChI=1S/C15H25N3O2S/c1-13(2)7-12-21(19,20)18-10-8-17(9-11-18)15-5-3-14(16)4-6-15/h3-6,13H,7-12,16H2,1-2H3. The van der Waals surface area contributed by atoms with Gasteiger partial charge in [-0.1, -0.05) is 13.8 Å². The lowest BCUT2D eigenvalue weighted by molar-refractivity contribution is 0.383. The molecule has 0 spiro atoms. The fraction of sp³-hybridized carbons (Fsp3) is 0.600. The van der Waals surface area contributed by atoms with E-state index in [0.717, 1.165) is 30.9 Å². The smallest absolute Gasteiger partial charge is 0.214 e. The lowest BCUT2D eigenvalue weighted by Gasteiger charge is -2.35. The summed E-state index contributed by atoms with van der Waals surface area (Å²) in [7, 11) is -3.10. The lowest BCUT2D eigenvalue weighted by atomic mass is 10.2. The third-order valence-corrected chi connectivity index (χ3v) is 5.75. The van der Waals surface area contributed by atoms with Crippen molar-refractivity contribution in [1.29, 1.82) is 0 Å². The largest absolute Gasteiger partial charge is 0.399 e. The van der Waals surface area contributed by atoms with Crippen LogP contribution < -0.4 is 10.6 Å². The molecule has 1 saturated heterocycles. The van der Waals surface area contributed by atoms with E-state index < -0.39 is 10.0 Å². The van der Waals surface area contributed by atoms with Gasteiger partial charge in [-0.2, -0.15) is 4.31 Å². The Balaban J connectivity index is 1.92. The van der Waals surface area contributed by atoms with Crippen LogP contribution in [0.4, 0.5) is 11.4 Å². The fourth-order valence-corrected chi connectivity index (χ4v) is 4.17. The zero-order valence-electron chi connectivity index (χ0n) is 12.8. The van der Waals surface area contributed by atoms with Crippen molar-refractivity contribution in [3.05, 3.63) is 24.3 Å². The molecule has 0 radical (unpaired) electrons. The summed E-state index contributed by atoms with van der Waals surface area (Å²) in [6.45, 7) is 6.67. The van der Waals surface area contributed by atoms with Gasteiger partial charge in [-0.25, -0.2) is 8.42 Å². The number of benzene rings is 1. The van der Waals surface area contributed by atoms with Crippen LogP contribution in [0, 0.1) is 5.92 Å².